The molecule has 1 aromatic rings. The molecular weight excluding hydrogens is 527 g/mol. The molecule has 0 spiro atoms. The molecule has 0 saturated carbocycles. The van der Waals surface area contributed by atoms with Gasteiger partial charge in [0, 0.05) is 18.1 Å². The summed E-state index contributed by atoms with van der Waals surface area (Å²) < 4.78 is 51.4. The number of sulfonamides is 1. The van der Waals surface area contributed by atoms with Crippen molar-refractivity contribution in [2.75, 3.05) is 18.1 Å². The molecular formula is C18H31IN4O4S2. The predicted molar refractivity (Wildman–Crippen MR) is 127 cm³/mol. The van der Waals surface area contributed by atoms with Gasteiger partial charge in [-0.05, 0) is 45.7 Å². The number of halogens is 1. The summed E-state index contributed by atoms with van der Waals surface area (Å²) in [5.41, 5.74) is -0.0323. The summed E-state index contributed by atoms with van der Waals surface area (Å²) in [5, 5.41) is 6.22. The third-order valence-corrected chi connectivity index (χ3v) is 7.65. The Morgan fingerprint density at radius 1 is 1.24 bits per heavy atom. The smallest absolute Gasteiger partial charge is 0.241 e. The molecule has 1 aromatic carbocycles. The van der Waals surface area contributed by atoms with Gasteiger partial charge in [0.2, 0.25) is 10.0 Å². The van der Waals surface area contributed by atoms with E-state index in [1.807, 2.05) is 6.92 Å². The first-order valence-corrected chi connectivity index (χ1v) is 12.6. The molecule has 1 aliphatic rings. The summed E-state index contributed by atoms with van der Waals surface area (Å²) in [7, 11) is -6.69. The van der Waals surface area contributed by atoms with Crippen LogP contribution in [0.15, 0.2) is 34.2 Å². The van der Waals surface area contributed by atoms with Crippen molar-refractivity contribution < 1.29 is 16.8 Å². The standard InChI is InChI=1S/C18H30N4O4S2.HI/c1-5-19-17(21-15-10-11-27(23,24)13-15)20-12-14-8-6-7-9-16(14)28(25,26)22-18(2,3)4;/h6-9,15,22H,5,10-13H2,1-4H3,(H2,19,20,21);1H. The van der Waals surface area contributed by atoms with Crippen LogP contribution in [0.2, 0.25) is 0 Å². The first kappa shape index (κ1) is 26.1. The number of sulfone groups is 1. The lowest BCUT2D eigenvalue weighted by Gasteiger charge is -2.21. The molecule has 11 heteroatoms. The quantitative estimate of drug-likeness (QED) is 0.278. The average Bonchev–Trinajstić information content (AvgIpc) is 2.89. The maximum atomic E-state index is 12.7. The number of nitrogens with zero attached hydrogens (tertiary/aromatic N) is 1. The zero-order valence-corrected chi connectivity index (χ0v) is 21.2. The molecule has 1 fully saturated rings. The second-order valence-corrected chi connectivity index (χ2v) is 11.8. The Bertz CT molecular complexity index is 925. The highest BCUT2D eigenvalue weighted by molar-refractivity contribution is 14.0. The van der Waals surface area contributed by atoms with E-state index >= 15 is 0 Å². The SMILES string of the molecule is CCNC(=NCc1ccccc1S(=O)(=O)NC(C)(C)C)NC1CCS(=O)(=O)C1.I. The third-order valence-electron chi connectivity index (χ3n) is 4.03. The summed E-state index contributed by atoms with van der Waals surface area (Å²) in [6.45, 7) is 8.03. The Balaban J connectivity index is 0.00000420. The summed E-state index contributed by atoms with van der Waals surface area (Å²) in [4.78, 5) is 4.66. The van der Waals surface area contributed by atoms with Gasteiger partial charge in [-0.15, -0.1) is 24.0 Å². The molecule has 0 bridgehead atoms. The maximum Gasteiger partial charge on any atom is 0.241 e. The Morgan fingerprint density at radius 3 is 2.45 bits per heavy atom. The lowest BCUT2D eigenvalue weighted by atomic mass is 10.1. The van der Waals surface area contributed by atoms with Crippen LogP contribution in [0, 0.1) is 0 Å². The molecule has 0 amide bonds. The molecule has 3 N–H and O–H groups in total. The van der Waals surface area contributed by atoms with Crippen LogP contribution in [-0.4, -0.2) is 52.4 Å². The first-order valence-electron chi connectivity index (χ1n) is 9.29. The van der Waals surface area contributed by atoms with Crippen LogP contribution in [0.4, 0.5) is 0 Å². The molecule has 1 heterocycles. The topological polar surface area (TPSA) is 117 Å². The van der Waals surface area contributed by atoms with Crippen molar-refractivity contribution in [1.82, 2.24) is 15.4 Å². The van der Waals surface area contributed by atoms with E-state index < -0.39 is 25.4 Å². The van der Waals surface area contributed by atoms with Gasteiger partial charge in [0.25, 0.3) is 0 Å². The van der Waals surface area contributed by atoms with Gasteiger partial charge < -0.3 is 10.6 Å². The number of rotatable bonds is 6. The Kier molecular flexibility index (Phi) is 9.37. The van der Waals surface area contributed by atoms with E-state index in [0.29, 0.717) is 24.5 Å². The first-order chi connectivity index (χ1) is 12.9. The Labute approximate surface area is 191 Å². The fourth-order valence-electron chi connectivity index (χ4n) is 2.94. The maximum absolute atomic E-state index is 12.7. The number of nitrogens with one attached hydrogen (secondary N) is 3. The van der Waals surface area contributed by atoms with Gasteiger partial charge >= 0.3 is 0 Å². The summed E-state index contributed by atoms with van der Waals surface area (Å²) in [6, 6.07) is 6.54. The van der Waals surface area contributed by atoms with Gasteiger partial charge in [-0.3, -0.25) is 0 Å². The van der Waals surface area contributed by atoms with Crippen LogP contribution < -0.4 is 15.4 Å². The largest absolute Gasteiger partial charge is 0.357 e. The lowest BCUT2D eigenvalue weighted by molar-refractivity contribution is 0.491. The van der Waals surface area contributed by atoms with Crippen molar-refractivity contribution in [2.24, 2.45) is 4.99 Å². The minimum Gasteiger partial charge on any atom is -0.357 e. The fraction of sp³-hybridized carbons (Fsp3) is 0.611. The van der Waals surface area contributed by atoms with Gasteiger partial charge in [0.15, 0.2) is 15.8 Å². The molecule has 1 aliphatic heterocycles. The minimum atomic E-state index is -3.69. The number of benzene rings is 1. The highest BCUT2D eigenvalue weighted by atomic mass is 127. The van der Waals surface area contributed by atoms with Gasteiger partial charge in [-0.2, -0.15) is 0 Å². The summed E-state index contributed by atoms with van der Waals surface area (Å²) in [5.74, 6) is 0.724. The lowest BCUT2D eigenvalue weighted by Crippen LogP contribution is -2.44. The molecule has 1 saturated heterocycles. The average molecular weight is 559 g/mol. The van der Waals surface area contributed by atoms with Gasteiger partial charge in [0.05, 0.1) is 22.9 Å². The van der Waals surface area contributed by atoms with Crippen molar-refractivity contribution in [3.05, 3.63) is 29.8 Å². The van der Waals surface area contributed by atoms with Crippen LogP contribution in [0.25, 0.3) is 0 Å². The van der Waals surface area contributed by atoms with E-state index in [2.05, 4.69) is 20.3 Å². The second kappa shape index (κ2) is 10.4. The van der Waals surface area contributed by atoms with Crippen molar-refractivity contribution in [2.45, 2.75) is 57.1 Å². The van der Waals surface area contributed by atoms with Crippen LogP contribution in [0.1, 0.15) is 39.7 Å². The Morgan fingerprint density at radius 2 is 1.90 bits per heavy atom. The molecule has 2 rings (SSSR count). The van der Waals surface area contributed by atoms with Gasteiger partial charge in [0.1, 0.15) is 0 Å². The zero-order chi connectivity index (χ0) is 21.0. The number of guanidine groups is 1. The monoisotopic (exact) mass is 558 g/mol. The summed E-state index contributed by atoms with van der Waals surface area (Å²) in [6.07, 6.45) is 0.535. The van der Waals surface area contributed by atoms with E-state index in [0.717, 1.165) is 0 Å². The predicted octanol–water partition coefficient (Wildman–Crippen LogP) is 1.62. The molecule has 8 nitrogen and oxygen atoms in total. The van der Waals surface area contributed by atoms with E-state index in [9.17, 15) is 16.8 Å². The van der Waals surface area contributed by atoms with Crippen molar-refractivity contribution in [3.8, 4) is 0 Å². The normalized spacial score (nSPS) is 19.4. The van der Waals surface area contributed by atoms with Crippen LogP contribution in [0.3, 0.4) is 0 Å². The van der Waals surface area contributed by atoms with E-state index in [-0.39, 0.29) is 53.0 Å². The van der Waals surface area contributed by atoms with Crippen LogP contribution in [-0.2, 0) is 26.4 Å². The molecule has 0 aromatic heterocycles. The van der Waals surface area contributed by atoms with Crippen molar-refractivity contribution >= 4 is 49.8 Å². The molecule has 1 atom stereocenters. The molecule has 0 aliphatic carbocycles. The molecule has 1 unspecified atom stereocenters. The highest BCUT2D eigenvalue weighted by Gasteiger charge is 2.28. The van der Waals surface area contributed by atoms with Crippen molar-refractivity contribution in [3.63, 3.8) is 0 Å². The number of aliphatic imine (C=N–C) groups is 1. The third kappa shape index (κ3) is 8.38. The van der Waals surface area contributed by atoms with Crippen LogP contribution >= 0.6 is 24.0 Å². The Hall–Kier alpha value is -0.920. The molecule has 29 heavy (non-hydrogen) atoms. The summed E-state index contributed by atoms with van der Waals surface area (Å²) >= 11 is 0. The number of hydrogen-bond acceptors (Lipinski definition) is 5. The van der Waals surface area contributed by atoms with E-state index in [1.165, 1.54) is 0 Å². The molecule has 166 valence electrons. The van der Waals surface area contributed by atoms with E-state index in [4.69, 9.17) is 0 Å². The second-order valence-electron chi connectivity index (χ2n) is 7.90. The van der Waals surface area contributed by atoms with Crippen LogP contribution in [0.5, 0.6) is 0 Å². The minimum absolute atomic E-state index is 0. The van der Waals surface area contributed by atoms with Gasteiger partial charge in [-0.25, -0.2) is 26.6 Å². The highest BCUT2D eigenvalue weighted by Crippen LogP contribution is 2.19. The van der Waals surface area contributed by atoms with Crippen molar-refractivity contribution in [1.29, 1.82) is 0 Å². The fourth-order valence-corrected chi connectivity index (χ4v) is 6.27. The zero-order valence-electron chi connectivity index (χ0n) is 17.2. The molecule has 0 radical (unpaired) electrons. The number of hydrogen-bond donors (Lipinski definition) is 3. The van der Waals surface area contributed by atoms with E-state index in [1.54, 1.807) is 45.0 Å². The van der Waals surface area contributed by atoms with Gasteiger partial charge in [-0.1, -0.05) is 18.2 Å².